The molecule has 4 nitrogen and oxygen atoms in total. The molecule has 0 unspecified atom stereocenters. The van der Waals surface area contributed by atoms with Gasteiger partial charge in [0.05, 0.1) is 11.0 Å². The monoisotopic (exact) mass is 282 g/mol. The highest BCUT2D eigenvalue weighted by molar-refractivity contribution is 5.76. The van der Waals surface area contributed by atoms with Crippen molar-refractivity contribution in [2.75, 3.05) is 0 Å². The second-order valence-corrected chi connectivity index (χ2v) is 5.41. The number of imidazole rings is 1. The van der Waals surface area contributed by atoms with Gasteiger partial charge in [-0.15, -0.1) is 0 Å². The van der Waals surface area contributed by atoms with E-state index in [0.29, 0.717) is 0 Å². The average molecular weight is 282 g/mol. The van der Waals surface area contributed by atoms with Crippen molar-refractivity contribution < 1.29 is 5.32 Å². The molecule has 0 atom stereocenters. The number of benzene rings is 2. The van der Waals surface area contributed by atoms with Gasteiger partial charge in [-0.3, -0.25) is 9.13 Å². The van der Waals surface area contributed by atoms with E-state index in [1.807, 2.05) is 26.2 Å². The highest BCUT2D eigenvalue weighted by Crippen LogP contribution is 2.13. The highest BCUT2D eigenvalue weighted by atomic mass is 16.1. The summed E-state index contributed by atoms with van der Waals surface area (Å²) in [5.41, 5.74) is 4.56. The average Bonchev–Trinajstić information content (AvgIpc) is 2.73. The minimum absolute atomic E-state index is 0.0235. The van der Waals surface area contributed by atoms with Gasteiger partial charge in [0.25, 0.3) is 0 Å². The van der Waals surface area contributed by atoms with Crippen LogP contribution in [0.4, 0.5) is 0 Å². The molecule has 0 saturated heterocycles. The number of fused-ring (bicyclic) bond motifs is 1. The Hall–Kier alpha value is -2.33. The molecular weight excluding hydrogens is 262 g/mol. The first-order chi connectivity index (χ1) is 10.2. The molecule has 0 fully saturated rings. The Kier molecular flexibility index (Phi) is 3.62. The third kappa shape index (κ3) is 2.62. The first-order valence-electron chi connectivity index (χ1n) is 7.17. The Bertz CT molecular complexity index is 815. The number of hydrogen-bond acceptors (Lipinski definition) is 1. The number of nitrogens with two attached hydrogens (primary N) is 1. The summed E-state index contributed by atoms with van der Waals surface area (Å²) in [6.45, 7) is 1.88. The van der Waals surface area contributed by atoms with Gasteiger partial charge in [-0.25, -0.2) is 4.79 Å². The van der Waals surface area contributed by atoms with Gasteiger partial charge in [0.2, 0.25) is 0 Å². The lowest BCUT2D eigenvalue weighted by molar-refractivity contribution is -0.686. The van der Waals surface area contributed by atoms with Crippen LogP contribution in [-0.2, 0) is 27.2 Å². The quantitative estimate of drug-likeness (QED) is 0.766. The Morgan fingerprint density at radius 3 is 2.29 bits per heavy atom. The van der Waals surface area contributed by atoms with Crippen LogP contribution in [-0.4, -0.2) is 9.13 Å². The molecule has 0 spiro atoms. The molecule has 0 amide bonds. The zero-order valence-corrected chi connectivity index (χ0v) is 12.4. The van der Waals surface area contributed by atoms with Crippen molar-refractivity contribution >= 4 is 11.0 Å². The predicted molar refractivity (Wildman–Crippen MR) is 83.9 cm³/mol. The Morgan fingerprint density at radius 1 is 0.857 bits per heavy atom. The number of rotatable bonds is 4. The third-order valence-electron chi connectivity index (χ3n) is 3.94. The maximum Gasteiger partial charge on any atom is 0.328 e. The molecule has 0 radical (unpaired) electrons. The molecule has 21 heavy (non-hydrogen) atoms. The molecular formula is C17H20N3O+. The van der Waals surface area contributed by atoms with Gasteiger partial charge >= 0.3 is 5.69 Å². The van der Waals surface area contributed by atoms with Crippen LogP contribution >= 0.6 is 0 Å². The van der Waals surface area contributed by atoms with E-state index >= 15 is 0 Å². The topological polar surface area (TPSA) is 43.5 Å². The predicted octanol–water partition coefficient (Wildman–Crippen LogP) is 1.14. The molecule has 0 aliphatic carbocycles. The number of quaternary nitrogens is 1. The molecule has 4 heteroatoms. The van der Waals surface area contributed by atoms with Gasteiger partial charge in [-0.1, -0.05) is 36.4 Å². The van der Waals surface area contributed by atoms with E-state index in [9.17, 15) is 4.79 Å². The van der Waals surface area contributed by atoms with E-state index in [-0.39, 0.29) is 5.69 Å². The number of aromatic nitrogens is 2. The van der Waals surface area contributed by atoms with Crippen LogP contribution in [0.5, 0.6) is 0 Å². The minimum atomic E-state index is 0.0235. The van der Waals surface area contributed by atoms with Gasteiger partial charge in [0.15, 0.2) is 0 Å². The Morgan fingerprint density at radius 2 is 1.52 bits per heavy atom. The number of aryl methyl sites for hydroxylation is 2. The van der Waals surface area contributed by atoms with Crippen LogP contribution in [0.25, 0.3) is 11.0 Å². The summed E-state index contributed by atoms with van der Waals surface area (Å²) in [7, 11) is 3.63. The molecule has 0 bridgehead atoms. The van der Waals surface area contributed by atoms with Gasteiger partial charge in [-0.05, 0) is 12.1 Å². The molecule has 2 N–H and O–H groups in total. The summed E-state index contributed by atoms with van der Waals surface area (Å²) in [5.74, 6) is 0. The molecule has 0 aliphatic heterocycles. The van der Waals surface area contributed by atoms with Crippen LogP contribution in [0, 0.1) is 0 Å². The van der Waals surface area contributed by atoms with E-state index in [1.165, 1.54) is 11.1 Å². The maximum absolute atomic E-state index is 11.9. The van der Waals surface area contributed by atoms with Crippen LogP contribution in [0.1, 0.15) is 11.1 Å². The lowest BCUT2D eigenvalue weighted by Gasteiger charge is -2.03. The summed E-state index contributed by atoms with van der Waals surface area (Å²) in [6, 6.07) is 16.7. The SMILES string of the molecule is Cn1c(=O)n(C)c2cc(C[NH2+]Cc3ccccc3)ccc21. The smallest absolute Gasteiger partial charge is 0.328 e. The largest absolute Gasteiger partial charge is 0.339 e. The van der Waals surface area contributed by atoms with Crippen molar-refractivity contribution in [3.63, 3.8) is 0 Å². The number of nitrogens with zero attached hydrogens (tertiary/aromatic N) is 2. The highest BCUT2D eigenvalue weighted by Gasteiger charge is 2.08. The summed E-state index contributed by atoms with van der Waals surface area (Å²) in [6.07, 6.45) is 0. The molecule has 3 rings (SSSR count). The van der Waals surface area contributed by atoms with Crippen LogP contribution in [0.3, 0.4) is 0 Å². The Labute approximate surface area is 123 Å². The standard InChI is InChI=1S/C17H19N3O/c1-19-15-9-8-14(10-16(15)20(2)17(19)21)12-18-11-13-6-4-3-5-7-13/h3-10,18H,11-12H2,1-2H3/p+1. The minimum Gasteiger partial charge on any atom is -0.339 e. The van der Waals surface area contributed by atoms with E-state index in [2.05, 4.69) is 41.7 Å². The van der Waals surface area contributed by atoms with Crippen molar-refractivity contribution in [1.29, 1.82) is 0 Å². The Balaban J connectivity index is 1.76. The lowest BCUT2D eigenvalue weighted by Crippen LogP contribution is -2.80. The second-order valence-electron chi connectivity index (χ2n) is 5.41. The van der Waals surface area contributed by atoms with Crippen LogP contribution in [0.15, 0.2) is 53.3 Å². The van der Waals surface area contributed by atoms with Crippen molar-refractivity contribution in [2.24, 2.45) is 14.1 Å². The lowest BCUT2D eigenvalue weighted by atomic mass is 10.2. The van der Waals surface area contributed by atoms with Crippen molar-refractivity contribution in [3.8, 4) is 0 Å². The first kappa shape index (κ1) is 13.6. The molecule has 3 aromatic rings. The first-order valence-corrected chi connectivity index (χ1v) is 7.17. The fourth-order valence-electron chi connectivity index (χ4n) is 2.70. The third-order valence-corrected chi connectivity index (χ3v) is 3.94. The molecule has 1 heterocycles. The van der Waals surface area contributed by atoms with E-state index in [1.54, 1.807) is 9.13 Å². The molecule has 108 valence electrons. The molecule has 0 saturated carbocycles. The molecule has 2 aromatic carbocycles. The zero-order chi connectivity index (χ0) is 14.8. The van der Waals surface area contributed by atoms with Crippen molar-refractivity contribution in [3.05, 3.63) is 70.1 Å². The fourth-order valence-corrected chi connectivity index (χ4v) is 2.70. The van der Waals surface area contributed by atoms with E-state index < -0.39 is 0 Å². The van der Waals surface area contributed by atoms with Gasteiger partial charge < -0.3 is 5.32 Å². The summed E-state index contributed by atoms with van der Waals surface area (Å²) in [5, 5.41) is 2.28. The molecule has 1 aromatic heterocycles. The fraction of sp³-hybridized carbons (Fsp3) is 0.235. The summed E-state index contributed by atoms with van der Waals surface area (Å²) >= 11 is 0. The normalized spacial score (nSPS) is 11.1. The van der Waals surface area contributed by atoms with Crippen molar-refractivity contribution in [1.82, 2.24) is 9.13 Å². The van der Waals surface area contributed by atoms with Gasteiger partial charge in [0, 0.05) is 25.2 Å². The second kappa shape index (κ2) is 5.58. The van der Waals surface area contributed by atoms with E-state index in [0.717, 1.165) is 24.1 Å². The zero-order valence-electron chi connectivity index (χ0n) is 12.4. The summed E-state index contributed by atoms with van der Waals surface area (Å²) < 4.78 is 3.39. The van der Waals surface area contributed by atoms with Gasteiger partial charge in [0.1, 0.15) is 13.1 Å². The van der Waals surface area contributed by atoms with E-state index in [4.69, 9.17) is 0 Å². The maximum atomic E-state index is 11.9. The van der Waals surface area contributed by atoms with Crippen molar-refractivity contribution in [2.45, 2.75) is 13.1 Å². The molecule has 0 aliphatic rings. The van der Waals surface area contributed by atoms with Gasteiger partial charge in [-0.2, -0.15) is 0 Å². The number of hydrogen-bond donors (Lipinski definition) is 1. The summed E-state index contributed by atoms with van der Waals surface area (Å²) in [4.78, 5) is 11.9. The van der Waals surface area contributed by atoms with Crippen LogP contribution in [0.2, 0.25) is 0 Å². The van der Waals surface area contributed by atoms with Crippen LogP contribution < -0.4 is 11.0 Å².